The molecule has 2 aromatic rings. The monoisotopic (exact) mass is 337 g/mol. The van der Waals surface area contributed by atoms with Crippen LogP contribution in [-0.2, 0) is 22.6 Å². The molecule has 2 aromatic carbocycles. The lowest BCUT2D eigenvalue weighted by Crippen LogP contribution is -2.43. The van der Waals surface area contributed by atoms with Gasteiger partial charge in [0.15, 0.2) is 0 Å². The first-order valence-electron chi connectivity index (χ1n) is 8.00. The Bertz CT molecular complexity index is 800. The molecule has 1 aliphatic rings. The summed E-state index contributed by atoms with van der Waals surface area (Å²) in [4.78, 5) is 25.8. The van der Waals surface area contributed by atoms with Crippen molar-refractivity contribution in [3.05, 3.63) is 65.2 Å². The van der Waals surface area contributed by atoms with Gasteiger partial charge in [-0.3, -0.25) is 9.59 Å². The molecule has 0 aliphatic carbocycles. The van der Waals surface area contributed by atoms with E-state index in [0.29, 0.717) is 13.1 Å². The maximum atomic E-state index is 12.3. The number of amides is 2. The van der Waals surface area contributed by atoms with Crippen LogP contribution in [0.1, 0.15) is 16.7 Å². The molecule has 0 saturated carbocycles. The maximum Gasteiger partial charge on any atom is 0.329 e. The van der Waals surface area contributed by atoms with Crippen molar-refractivity contribution < 1.29 is 14.3 Å². The van der Waals surface area contributed by atoms with Crippen LogP contribution in [0.4, 0.5) is 0 Å². The molecule has 0 radical (unpaired) electrons. The first kappa shape index (κ1) is 16.7. The lowest BCUT2D eigenvalue weighted by Gasteiger charge is -2.27. The number of hydrazone groups is 1. The van der Waals surface area contributed by atoms with Gasteiger partial charge in [-0.25, -0.2) is 5.43 Å². The molecule has 0 atom stereocenters. The van der Waals surface area contributed by atoms with Crippen molar-refractivity contribution in [1.29, 1.82) is 0 Å². The van der Waals surface area contributed by atoms with E-state index in [0.717, 1.165) is 23.3 Å². The largest absolute Gasteiger partial charge is 0.497 e. The molecule has 6 nitrogen and oxygen atoms in total. The number of rotatable bonds is 3. The third-order valence-electron chi connectivity index (χ3n) is 4.11. The highest BCUT2D eigenvalue weighted by atomic mass is 16.5. The van der Waals surface area contributed by atoms with Gasteiger partial charge in [-0.05, 0) is 47.4 Å². The van der Waals surface area contributed by atoms with Crippen molar-refractivity contribution in [3.63, 3.8) is 0 Å². The summed E-state index contributed by atoms with van der Waals surface area (Å²) in [5.74, 6) is -0.563. The minimum Gasteiger partial charge on any atom is -0.497 e. The summed E-state index contributed by atoms with van der Waals surface area (Å²) < 4.78 is 5.07. The highest BCUT2D eigenvalue weighted by Gasteiger charge is 2.25. The molecule has 1 heterocycles. The minimum absolute atomic E-state index is 0.449. The van der Waals surface area contributed by atoms with E-state index in [1.165, 1.54) is 11.8 Å². The van der Waals surface area contributed by atoms with E-state index in [-0.39, 0.29) is 0 Å². The van der Waals surface area contributed by atoms with Gasteiger partial charge in [0.05, 0.1) is 13.3 Å². The molecule has 128 valence electrons. The topological polar surface area (TPSA) is 71.0 Å². The Kier molecular flexibility index (Phi) is 5.09. The average Bonchev–Trinajstić information content (AvgIpc) is 2.67. The first-order valence-corrected chi connectivity index (χ1v) is 8.00. The quantitative estimate of drug-likeness (QED) is 0.527. The van der Waals surface area contributed by atoms with Crippen LogP contribution in [0, 0.1) is 0 Å². The zero-order valence-electron chi connectivity index (χ0n) is 13.9. The number of benzene rings is 2. The highest BCUT2D eigenvalue weighted by molar-refractivity contribution is 6.35. The second-order valence-electron chi connectivity index (χ2n) is 5.72. The molecule has 3 rings (SSSR count). The fraction of sp³-hybridized carbons (Fsp3) is 0.211. The van der Waals surface area contributed by atoms with E-state index in [1.807, 2.05) is 18.2 Å². The van der Waals surface area contributed by atoms with Crippen LogP contribution < -0.4 is 10.2 Å². The van der Waals surface area contributed by atoms with Gasteiger partial charge in [0.1, 0.15) is 5.75 Å². The molecule has 2 amide bonds. The smallest absolute Gasteiger partial charge is 0.329 e. The Morgan fingerprint density at radius 2 is 1.84 bits per heavy atom. The number of methoxy groups -OCH3 is 1. The zero-order chi connectivity index (χ0) is 17.6. The number of nitrogens with zero attached hydrogens (tertiary/aromatic N) is 2. The third kappa shape index (κ3) is 4.03. The molecule has 0 aromatic heterocycles. The summed E-state index contributed by atoms with van der Waals surface area (Å²) in [7, 11) is 1.59. The maximum absolute atomic E-state index is 12.3. The van der Waals surface area contributed by atoms with Gasteiger partial charge in [-0.15, -0.1) is 0 Å². The van der Waals surface area contributed by atoms with Crippen LogP contribution >= 0.6 is 0 Å². The number of hydrogen-bond acceptors (Lipinski definition) is 4. The fourth-order valence-corrected chi connectivity index (χ4v) is 2.72. The molecule has 0 fully saturated rings. The van der Waals surface area contributed by atoms with Crippen LogP contribution in [0.2, 0.25) is 0 Å². The van der Waals surface area contributed by atoms with Crippen molar-refractivity contribution in [2.75, 3.05) is 13.7 Å². The van der Waals surface area contributed by atoms with E-state index in [9.17, 15) is 9.59 Å². The van der Waals surface area contributed by atoms with Crippen LogP contribution in [0.15, 0.2) is 53.6 Å². The van der Waals surface area contributed by atoms with Gasteiger partial charge in [0.25, 0.3) is 0 Å². The number of carbonyl (C=O) groups excluding carboxylic acids is 2. The molecule has 0 unspecified atom stereocenters. The minimum atomic E-state index is -0.732. The summed E-state index contributed by atoms with van der Waals surface area (Å²) in [5, 5.41) is 3.84. The van der Waals surface area contributed by atoms with E-state index >= 15 is 0 Å². The van der Waals surface area contributed by atoms with Crippen molar-refractivity contribution in [2.24, 2.45) is 5.10 Å². The number of nitrogens with one attached hydrogen (secondary N) is 1. The second kappa shape index (κ2) is 7.61. The molecule has 0 spiro atoms. The van der Waals surface area contributed by atoms with E-state index < -0.39 is 11.8 Å². The molecule has 0 bridgehead atoms. The molecular formula is C19H19N3O3. The van der Waals surface area contributed by atoms with Crippen LogP contribution in [0.25, 0.3) is 0 Å². The summed E-state index contributed by atoms with van der Waals surface area (Å²) in [6, 6.07) is 15.1. The molecule has 25 heavy (non-hydrogen) atoms. The summed E-state index contributed by atoms with van der Waals surface area (Å²) >= 11 is 0. The van der Waals surface area contributed by atoms with Gasteiger partial charge < -0.3 is 9.64 Å². The SMILES string of the molecule is COc1ccc(C=NNC(=O)C(=O)N2CCc3ccccc3C2)cc1. The summed E-state index contributed by atoms with van der Waals surface area (Å²) in [6.45, 7) is 0.982. The lowest BCUT2D eigenvalue weighted by molar-refractivity contribution is -0.146. The number of fused-ring (bicyclic) bond motifs is 1. The molecule has 6 heteroatoms. The van der Waals surface area contributed by atoms with Crippen molar-refractivity contribution in [2.45, 2.75) is 13.0 Å². The van der Waals surface area contributed by atoms with E-state index in [1.54, 1.807) is 36.3 Å². The third-order valence-corrected chi connectivity index (χ3v) is 4.11. The van der Waals surface area contributed by atoms with Gasteiger partial charge in [-0.2, -0.15) is 5.10 Å². The zero-order valence-corrected chi connectivity index (χ0v) is 13.9. The Morgan fingerprint density at radius 1 is 1.12 bits per heavy atom. The molecular weight excluding hydrogens is 318 g/mol. The van der Waals surface area contributed by atoms with Crippen LogP contribution in [0.5, 0.6) is 5.75 Å². The summed E-state index contributed by atoms with van der Waals surface area (Å²) in [6.07, 6.45) is 2.24. The summed E-state index contributed by atoms with van der Waals surface area (Å²) in [5.41, 5.74) is 5.39. The average molecular weight is 337 g/mol. The number of ether oxygens (including phenoxy) is 1. The van der Waals surface area contributed by atoms with Crippen molar-refractivity contribution in [3.8, 4) is 5.75 Å². The number of hydrogen-bond donors (Lipinski definition) is 1. The van der Waals surface area contributed by atoms with E-state index in [2.05, 4.69) is 16.6 Å². The Morgan fingerprint density at radius 3 is 2.56 bits per heavy atom. The first-order chi connectivity index (χ1) is 12.2. The normalized spacial score (nSPS) is 13.4. The highest BCUT2D eigenvalue weighted by Crippen LogP contribution is 2.18. The van der Waals surface area contributed by atoms with Gasteiger partial charge >= 0.3 is 11.8 Å². The van der Waals surface area contributed by atoms with Gasteiger partial charge in [0.2, 0.25) is 0 Å². The van der Waals surface area contributed by atoms with E-state index in [4.69, 9.17) is 4.74 Å². The molecule has 0 saturated heterocycles. The second-order valence-corrected chi connectivity index (χ2v) is 5.72. The molecule has 1 aliphatic heterocycles. The Hall–Kier alpha value is -3.15. The Balaban J connectivity index is 1.56. The molecule has 1 N–H and O–H groups in total. The number of carbonyl (C=O) groups is 2. The van der Waals surface area contributed by atoms with Crippen LogP contribution in [-0.4, -0.2) is 36.6 Å². The van der Waals surface area contributed by atoms with Crippen LogP contribution in [0.3, 0.4) is 0 Å². The lowest BCUT2D eigenvalue weighted by atomic mass is 10.00. The fourth-order valence-electron chi connectivity index (χ4n) is 2.72. The standard InChI is InChI=1S/C19H19N3O3/c1-25-17-8-6-14(7-9-17)12-20-21-18(23)19(24)22-11-10-15-4-2-3-5-16(15)13-22/h2-9,12H,10-11,13H2,1H3,(H,21,23). The Labute approximate surface area is 146 Å². The van der Waals surface area contributed by atoms with Gasteiger partial charge in [-0.1, -0.05) is 24.3 Å². The predicted molar refractivity (Wildman–Crippen MR) is 94.3 cm³/mol. The van der Waals surface area contributed by atoms with Gasteiger partial charge in [0, 0.05) is 13.1 Å². The van der Waals surface area contributed by atoms with Crippen molar-refractivity contribution >= 4 is 18.0 Å². The predicted octanol–water partition coefficient (Wildman–Crippen LogP) is 1.73. The van der Waals surface area contributed by atoms with Crippen molar-refractivity contribution in [1.82, 2.24) is 10.3 Å².